The van der Waals surface area contributed by atoms with Crippen molar-refractivity contribution in [1.82, 2.24) is 9.97 Å². The highest BCUT2D eigenvalue weighted by Gasteiger charge is 2.31. The van der Waals surface area contributed by atoms with Crippen LogP contribution in [-0.2, 0) is 4.79 Å². The fraction of sp³-hybridized carbons (Fsp3) is 0.250. The van der Waals surface area contributed by atoms with Gasteiger partial charge in [0.15, 0.2) is 0 Å². The number of carbonyl (C=O) groups is 1. The lowest BCUT2D eigenvalue weighted by Gasteiger charge is -2.08. The Morgan fingerprint density at radius 1 is 1.21 bits per heavy atom. The molecule has 5 nitrogen and oxygen atoms in total. The maximum Gasteiger partial charge on any atom is 0.573 e. The van der Waals surface area contributed by atoms with Crippen LogP contribution in [0.1, 0.15) is 12.8 Å². The SMILES string of the molecule is O=C(Nc1cc2c(cn1)[nH]c1cc(OC(F)(F)F)ccc12)C1CC1. The Kier molecular flexibility index (Phi) is 3.16. The number of H-pyrrole nitrogens is 1. The first kappa shape index (κ1) is 14.8. The van der Waals surface area contributed by atoms with E-state index in [1.807, 2.05) is 0 Å². The first-order valence-electron chi connectivity index (χ1n) is 7.37. The molecule has 1 fully saturated rings. The van der Waals surface area contributed by atoms with Gasteiger partial charge in [0, 0.05) is 22.8 Å². The number of fused-ring (bicyclic) bond motifs is 3. The maximum atomic E-state index is 12.3. The van der Waals surface area contributed by atoms with Gasteiger partial charge in [0.25, 0.3) is 0 Å². The minimum absolute atomic E-state index is 0.0532. The van der Waals surface area contributed by atoms with Crippen LogP contribution in [0.3, 0.4) is 0 Å². The van der Waals surface area contributed by atoms with Gasteiger partial charge in [0.1, 0.15) is 11.6 Å². The number of rotatable bonds is 3. The molecule has 2 N–H and O–H groups in total. The predicted molar refractivity (Wildman–Crippen MR) is 81.6 cm³/mol. The Balaban J connectivity index is 1.70. The Morgan fingerprint density at radius 2 is 2.00 bits per heavy atom. The summed E-state index contributed by atoms with van der Waals surface area (Å²) in [7, 11) is 0. The number of alkyl halides is 3. The molecule has 0 spiro atoms. The molecule has 1 aromatic carbocycles. The summed E-state index contributed by atoms with van der Waals surface area (Å²) in [6, 6.07) is 5.79. The minimum atomic E-state index is -4.73. The smallest absolute Gasteiger partial charge is 0.406 e. The number of hydrogen-bond acceptors (Lipinski definition) is 3. The highest BCUT2D eigenvalue weighted by Crippen LogP contribution is 2.33. The van der Waals surface area contributed by atoms with Gasteiger partial charge < -0.3 is 15.0 Å². The van der Waals surface area contributed by atoms with Crippen LogP contribution in [0.4, 0.5) is 19.0 Å². The van der Waals surface area contributed by atoms with E-state index < -0.39 is 6.36 Å². The lowest BCUT2D eigenvalue weighted by molar-refractivity contribution is -0.274. The molecule has 0 unspecified atom stereocenters. The summed E-state index contributed by atoms with van der Waals surface area (Å²) in [5.74, 6) is 0.141. The number of halogens is 3. The number of carbonyl (C=O) groups excluding carboxylic acids is 1. The molecule has 4 rings (SSSR count). The maximum absolute atomic E-state index is 12.3. The molecule has 124 valence electrons. The van der Waals surface area contributed by atoms with E-state index in [9.17, 15) is 18.0 Å². The summed E-state index contributed by atoms with van der Waals surface area (Å²) in [5, 5.41) is 4.25. The monoisotopic (exact) mass is 335 g/mol. The van der Waals surface area contributed by atoms with Gasteiger partial charge in [-0.15, -0.1) is 13.2 Å². The molecule has 0 radical (unpaired) electrons. The number of amides is 1. The number of pyridine rings is 1. The van der Waals surface area contributed by atoms with Gasteiger partial charge in [-0.1, -0.05) is 0 Å². The Labute approximate surface area is 133 Å². The third-order valence-corrected chi connectivity index (χ3v) is 3.89. The van der Waals surface area contributed by atoms with Crippen molar-refractivity contribution in [1.29, 1.82) is 0 Å². The van der Waals surface area contributed by atoms with Crippen molar-refractivity contribution in [3.63, 3.8) is 0 Å². The largest absolute Gasteiger partial charge is 0.573 e. The number of ether oxygens (including phenoxy) is 1. The van der Waals surface area contributed by atoms with E-state index in [1.165, 1.54) is 12.1 Å². The van der Waals surface area contributed by atoms with Gasteiger partial charge >= 0.3 is 6.36 Å². The molecule has 0 saturated heterocycles. The summed E-state index contributed by atoms with van der Waals surface area (Å²) >= 11 is 0. The van der Waals surface area contributed by atoms with Crippen LogP contribution in [0.25, 0.3) is 21.8 Å². The van der Waals surface area contributed by atoms with E-state index in [-0.39, 0.29) is 17.6 Å². The first-order valence-corrected chi connectivity index (χ1v) is 7.37. The normalized spacial score (nSPS) is 15.0. The van der Waals surface area contributed by atoms with E-state index >= 15 is 0 Å². The molecule has 0 bridgehead atoms. The number of benzene rings is 1. The van der Waals surface area contributed by atoms with Gasteiger partial charge in [-0.25, -0.2) is 4.98 Å². The number of hydrogen-bond donors (Lipinski definition) is 2. The van der Waals surface area contributed by atoms with Crippen LogP contribution < -0.4 is 10.1 Å². The summed E-state index contributed by atoms with van der Waals surface area (Å²) < 4.78 is 40.8. The number of nitrogens with zero attached hydrogens (tertiary/aromatic N) is 1. The molecule has 2 heterocycles. The van der Waals surface area contributed by atoms with Crippen LogP contribution in [0.15, 0.2) is 30.5 Å². The van der Waals surface area contributed by atoms with E-state index in [0.29, 0.717) is 16.9 Å². The van der Waals surface area contributed by atoms with Gasteiger partial charge in [0.05, 0.1) is 17.2 Å². The molecule has 2 aromatic heterocycles. The number of aromatic amines is 1. The molecular weight excluding hydrogens is 323 g/mol. The Hall–Kier alpha value is -2.77. The zero-order valence-electron chi connectivity index (χ0n) is 12.3. The third-order valence-electron chi connectivity index (χ3n) is 3.89. The zero-order valence-corrected chi connectivity index (χ0v) is 12.3. The zero-order chi connectivity index (χ0) is 16.9. The topological polar surface area (TPSA) is 67.0 Å². The van der Waals surface area contributed by atoms with E-state index in [1.54, 1.807) is 18.3 Å². The van der Waals surface area contributed by atoms with Crippen molar-refractivity contribution >= 4 is 33.5 Å². The van der Waals surface area contributed by atoms with Gasteiger partial charge in [-0.2, -0.15) is 0 Å². The minimum Gasteiger partial charge on any atom is -0.406 e. The van der Waals surface area contributed by atoms with Crippen LogP contribution >= 0.6 is 0 Å². The lowest BCUT2D eigenvalue weighted by atomic mass is 10.2. The number of aromatic nitrogens is 2. The Morgan fingerprint density at radius 3 is 2.71 bits per heavy atom. The second kappa shape index (κ2) is 5.12. The van der Waals surface area contributed by atoms with Gasteiger partial charge in [0.2, 0.25) is 5.91 Å². The highest BCUT2D eigenvalue weighted by molar-refractivity contribution is 6.08. The summed E-state index contributed by atoms with van der Waals surface area (Å²) in [4.78, 5) is 19.0. The third kappa shape index (κ3) is 2.86. The molecule has 1 amide bonds. The second-order valence-corrected chi connectivity index (χ2v) is 5.76. The van der Waals surface area contributed by atoms with E-state index in [2.05, 4.69) is 20.0 Å². The second-order valence-electron chi connectivity index (χ2n) is 5.76. The van der Waals surface area contributed by atoms with Crippen LogP contribution in [0.5, 0.6) is 5.75 Å². The average molecular weight is 335 g/mol. The average Bonchev–Trinajstić information content (AvgIpc) is 3.28. The molecule has 1 saturated carbocycles. The standard InChI is InChI=1S/C16H12F3N3O2/c17-16(18,19)24-9-3-4-10-11-6-14(22-15(23)8-1-2-8)20-7-13(11)21-12(10)5-9/h3-8,21H,1-2H2,(H,20,22,23). The van der Waals surface area contributed by atoms with Crippen molar-refractivity contribution in [2.75, 3.05) is 5.32 Å². The molecule has 0 aliphatic heterocycles. The van der Waals surface area contributed by atoms with Gasteiger partial charge in [-0.3, -0.25) is 4.79 Å². The Bertz CT molecular complexity index is 945. The van der Waals surface area contributed by atoms with Crippen LogP contribution in [0, 0.1) is 5.92 Å². The van der Waals surface area contributed by atoms with Crippen molar-refractivity contribution in [2.45, 2.75) is 19.2 Å². The van der Waals surface area contributed by atoms with E-state index in [4.69, 9.17) is 0 Å². The highest BCUT2D eigenvalue weighted by atomic mass is 19.4. The van der Waals surface area contributed by atoms with Crippen molar-refractivity contribution in [3.05, 3.63) is 30.5 Å². The molecule has 24 heavy (non-hydrogen) atoms. The van der Waals surface area contributed by atoms with Crippen LogP contribution in [0.2, 0.25) is 0 Å². The summed E-state index contributed by atoms with van der Waals surface area (Å²) in [6.07, 6.45) is -1.41. The fourth-order valence-corrected chi connectivity index (χ4v) is 2.62. The number of anilines is 1. The van der Waals surface area contributed by atoms with Crippen LogP contribution in [-0.4, -0.2) is 22.2 Å². The molecule has 8 heteroatoms. The van der Waals surface area contributed by atoms with Crippen molar-refractivity contribution < 1.29 is 22.7 Å². The lowest BCUT2D eigenvalue weighted by Crippen LogP contribution is -2.16. The molecule has 0 atom stereocenters. The molecule has 3 aromatic rings. The van der Waals surface area contributed by atoms with E-state index in [0.717, 1.165) is 23.6 Å². The first-order chi connectivity index (χ1) is 11.4. The van der Waals surface area contributed by atoms with Crippen molar-refractivity contribution in [3.8, 4) is 5.75 Å². The molecule has 1 aliphatic rings. The fourth-order valence-electron chi connectivity index (χ4n) is 2.62. The number of nitrogens with one attached hydrogen (secondary N) is 2. The predicted octanol–water partition coefficient (Wildman–Crippen LogP) is 3.96. The summed E-state index contributed by atoms with van der Waals surface area (Å²) in [6.45, 7) is 0. The van der Waals surface area contributed by atoms with Gasteiger partial charge in [-0.05, 0) is 31.0 Å². The quantitative estimate of drug-likeness (QED) is 0.761. The molecule has 1 aliphatic carbocycles. The van der Waals surface area contributed by atoms with Crippen molar-refractivity contribution in [2.24, 2.45) is 5.92 Å². The summed E-state index contributed by atoms with van der Waals surface area (Å²) in [5.41, 5.74) is 1.16. The molecular formula is C16H12F3N3O2.